The largest absolute Gasteiger partial charge is 0.389 e. The number of benzene rings is 2. The molecule has 0 bridgehead atoms. The molecule has 1 nitrogen and oxygen atoms in total. The van der Waals surface area contributed by atoms with Crippen molar-refractivity contribution in [1.29, 1.82) is 0 Å². The molecule has 0 saturated heterocycles. The van der Waals surface area contributed by atoms with Crippen molar-refractivity contribution in [3.05, 3.63) is 59.2 Å². The van der Waals surface area contributed by atoms with Crippen LogP contribution in [0.3, 0.4) is 0 Å². The third kappa shape index (κ3) is 1.29. The lowest BCUT2D eigenvalue weighted by Crippen LogP contribution is -1.96. The molecule has 0 aliphatic heterocycles. The first kappa shape index (κ1) is 9.61. The van der Waals surface area contributed by atoms with Gasteiger partial charge < -0.3 is 5.11 Å². The van der Waals surface area contributed by atoms with E-state index in [1.807, 2.05) is 19.1 Å². The van der Waals surface area contributed by atoms with E-state index in [2.05, 4.69) is 30.3 Å². The summed E-state index contributed by atoms with van der Waals surface area (Å²) >= 11 is 0. The van der Waals surface area contributed by atoms with Crippen LogP contribution < -0.4 is 0 Å². The number of aliphatic hydroxyl groups excluding tert-OH is 1. The normalized spacial score (nSPS) is 14.4. The Kier molecular flexibility index (Phi) is 2.08. The highest BCUT2D eigenvalue weighted by molar-refractivity contribution is 5.77. The molecule has 1 aliphatic carbocycles. The first-order valence-corrected chi connectivity index (χ1v) is 5.65. The molecule has 0 fully saturated rings. The maximum absolute atomic E-state index is 9.77. The Morgan fingerprint density at radius 3 is 2.56 bits per heavy atom. The summed E-state index contributed by atoms with van der Waals surface area (Å²) in [4.78, 5) is 0. The summed E-state index contributed by atoms with van der Waals surface area (Å²) in [5.74, 6) is 0. The average molecular weight is 210 g/mol. The van der Waals surface area contributed by atoms with Crippen molar-refractivity contribution in [3.63, 3.8) is 0 Å². The summed E-state index contributed by atoms with van der Waals surface area (Å²) in [6.45, 7) is 1.83. The molecule has 2 aromatic rings. The molecule has 2 aromatic carbocycles. The van der Waals surface area contributed by atoms with Crippen LogP contribution in [-0.4, -0.2) is 5.11 Å². The zero-order chi connectivity index (χ0) is 11.1. The molecule has 0 heterocycles. The SMILES string of the molecule is CC(O)c1cccc2c1Cc1ccccc1-2. The Morgan fingerprint density at radius 1 is 1.00 bits per heavy atom. The molecule has 0 spiro atoms. The summed E-state index contributed by atoms with van der Waals surface area (Å²) in [7, 11) is 0. The van der Waals surface area contributed by atoms with Gasteiger partial charge in [0.2, 0.25) is 0 Å². The highest BCUT2D eigenvalue weighted by atomic mass is 16.3. The fraction of sp³-hybridized carbons (Fsp3) is 0.200. The Morgan fingerprint density at radius 2 is 1.75 bits per heavy atom. The zero-order valence-corrected chi connectivity index (χ0v) is 9.27. The maximum Gasteiger partial charge on any atom is 0.0764 e. The van der Waals surface area contributed by atoms with Crippen molar-refractivity contribution in [3.8, 4) is 11.1 Å². The molecule has 0 amide bonds. The van der Waals surface area contributed by atoms with Crippen LogP contribution >= 0.6 is 0 Å². The molecular weight excluding hydrogens is 196 g/mol. The second kappa shape index (κ2) is 3.46. The minimum Gasteiger partial charge on any atom is -0.389 e. The number of rotatable bonds is 1. The second-order valence-corrected chi connectivity index (χ2v) is 4.38. The summed E-state index contributed by atoms with van der Waals surface area (Å²) in [5.41, 5.74) is 6.33. The van der Waals surface area contributed by atoms with Gasteiger partial charge >= 0.3 is 0 Å². The van der Waals surface area contributed by atoms with Gasteiger partial charge in [-0.3, -0.25) is 0 Å². The lowest BCUT2D eigenvalue weighted by atomic mass is 9.98. The van der Waals surface area contributed by atoms with E-state index < -0.39 is 0 Å². The topological polar surface area (TPSA) is 20.2 Å². The lowest BCUT2D eigenvalue weighted by molar-refractivity contribution is 0.198. The van der Waals surface area contributed by atoms with E-state index in [0.717, 1.165) is 12.0 Å². The molecule has 1 atom stereocenters. The second-order valence-electron chi connectivity index (χ2n) is 4.38. The highest BCUT2D eigenvalue weighted by Crippen LogP contribution is 2.39. The summed E-state index contributed by atoms with van der Waals surface area (Å²) < 4.78 is 0. The van der Waals surface area contributed by atoms with E-state index in [1.165, 1.54) is 22.3 Å². The number of hydrogen-bond acceptors (Lipinski definition) is 1. The van der Waals surface area contributed by atoms with Crippen molar-refractivity contribution in [1.82, 2.24) is 0 Å². The van der Waals surface area contributed by atoms with Gasteiger partial charge in [-0.25, -0.2) is 0 Å². The van der Waals surface area contributed by atoms with Crippen LogP contribution in [0.5, 0.6) is 0 Å². The van der Waals surface area contributed by atoms with Crippen molar-refractivity contribution in [2.24, 2.45) is 0 Å². The maximum atomic E-state index is 9.77. The Balaban J connectivity index is 2.24. The van der Waals surface area contributed by atoms with Crippen LogP contribution in [0.2, 0.25) is 0 Å². The van der Waals surface area contributed by atoms with E-state index in [0.29, 0.717) is 0 Å². The quantitative estimate of drug-likeness (QED) is 0.653. The van der Waals surface area contributed by atoms with E-state index in [1.54, 1.807) is 0 Å². The molecule has 0 saturated carbocycles. The molecule has 1 heteroatoms. The van der Waals surface area contributed by atoms with Crippen LogP contribution in [0.1, 0.15) is 29.7 Å². The highest BCUT2D eigenvalue weighted by Gasteiger charge is 2.21. The van der Waals surface area contributed by atoms with Crippen LogP contribution in [0.25, 0.3) is 11.1 Å². The van der Waals surface area contributed by atoms with Crippen molar-refractivity contribution >= 4 is 0 Å². The van der Waals surface area contributed by atoms with Crippen LogP contribution in [0.15, 0.2) is 42.5 Å². The first-order valence-electron chi connectivity index (χ1n) is 5.65. The molecule has 80 valence electrons. The molecule has 3 rings (SSSR count). The van der Waals surface area contributed by atoms with Gasteiger partial charge in [0.1, 0.15) is 0 Å². The minimum atomic E-state index is -0.385. The van der Waals surface area contributed by atoms with Gasteiger partial charge in [-0.2, -0.15) is 0 Å². The first-order chi connectivity index (χ1) is 7.77. The standard InChI is InChI=1S/C15H14O/c1-10(16)12-7-4-8-14-13-6-3-2-5-11(13)9-15(12)14/h2-8,10,16H,9H2,1H3. The van der Waals surface area contributed by atoms with Gasteiger partial charge in [0.25, 0.3) is 0 Å². The average Bonchev–Trinajstić information content (AvgIpc) is 2.67. The Labute approximate surface area is 95.4 Å². The van der Waals surface area contributed by atoms with Gasteiger partial charge in [-0.05, 0) is 41.2 Å². The fourth-order valence-corrected chi connectivity index (χ4v) is 2.57. The van der Waals surface area contributed by atoms with Crippen LogP contribution in [0.4, 0.5) is 0 Å². The predicted octanol–water partition coefficient (Wildman–Crippen LogP) is 3.31. The van der Waals surface area contributed by atoms with Crippen molar-refractivity contribution in [2.75, 3.05) is 0 Å². The van der Waals surface area contributed by atoms with E-state index in [4.69, 9.17) is 0 Å². The van der Waals surface area contributed by atoms with Gasteiger partial charge in [0, 0.05) is 0 Å². The molecule has 0 radical (unpaired) electrons. The van der Waals surface area contributed by atoms with Crippen molar-refractivity contribution in [2.45, 2.75) is 19.4 Å². The number of fused-ring (bicyclic) bond motifs is 3. The van der Waals surface area contributed by atoms with E-state index in [-0.39, 0.29) is 6.10 Å². The summed E-state index contributed by atoms with van der Waals surface area (Å²) in [6, 6.07) is 14.7. The third-order valence-corrected chi connectivity index (χ3v) is 3.34. The van der Waals surface area contributed by atoms with Gasteiger partial charge in [0.05, 0.1) is 6.10 Å². The molecule has 16 heavy (non-hydrogen) atoms. The minimum absolute atomic E-state index is 0.385. The van der Waals surface area contributed by atoms with Gasteiger partial charge in [-0.1, -0.05) is 42.5 Å². The van der Waals surface area contributed by atoms with Crippen molar-refractivity contribution < 1.29 is 5.11 Å². The van der Waals surface area contributed by atoms with Gasteiger partial charge in [-0.15, -0.1) is 0 Å². The molecule has 0 aromatic heterocycles. The lowest BCUT2D eigenvalue weighted by Gasteiger charge is -2.10. The van der Waals surface area contributed by atoms with Crippen LogP contribution in [-0.2, 0) is 6.42 Å². The molecule has 1 N–H and O–H groups in total. The molecular formula is C15H14O. The molecule has 1 unspecified atom stereocenters. The number of aliphatic hydroxyl groups is 1. The van der Waals surface area contributed by atoms with Crippen LogP contribution in [0, 0.1) is 0 Å². The van der Waals surface area contributed by atoms with E-state index >= 15 is 0 Å². The Hall–Kier alpha value is -1.60. The number of hydrogen-bond donors (Lipinski definition) is 1. The fourth-order valence-electron chi connectivity index (χ4n) is 2.57. The molecule has 1 aliphatic rings. The third-order valence-electron chi connectivity index (χ3n) is 3.34. The Bertz CT molecular complexity index is 541. The van der Waals surface area contributed by atoms with E-state index in [9.17, 15) is 5.11 Å². The zero-order valence-electron chi connectivity index (χ0n) is 9.27. The smallest absolute Gasteiger partial charge is 0.0764 e. The monoisotopic (exact) mass is 210 g/mol. The predicted molar refractivity (Wildman–Crippen MR) is 65.3 cm³/mol. The summed E-state index contributed by atoms with van der Waals surface area (Å²) in [6.07, 6.45) is 0.566. The van der Waals surface area contributed by atoms with Gasteiger partial charge in [0.15, 0.2) is 0 Å². The summed E-state index contributed by atoms with van der Waals surface area (Å²) in [5, 5.41) is 9.77.